The first kappa shape index (κ1) is 14.0. The van der Waals surface area contributed by atoms with Crippen LogP contribution in [0.2, 0.25) is 0 Å². The van der Waals surface area contributed by atoms with Crippen molar-refractivity contribution < 1.29 is 13.2 Å². The van der Waals surface area contributed by atoms with Gasteiger partial charge in [-0.05, 0) is 31.7 Å². The van der Waals surface area contributed by atoms with Gasteiger partial charge in [0.15, 0.2) is 0 Å². The standard InChI is InChI=1S/C12H17F3N2/c1-9(17(2)7-6-16)10-4-3-5-11(8-10)12(13,14)15/h3-5,8-9H,6-7,16H2,1-2H3. The molecule has 0 spiro atoms. The Kier molecular flexibility index (Phi) is 4.54. The van der Waals surface area contributed by atoms with Crippen LogP contribution in [-0.4, -0.2) is 25.0 Å². The molecular weight excluding hydrogens is 229 g/mol. The molecule has 2 nitrogen and oxygen atoms in total. The molecule has 0 aromatic heterocycles. The highest BCUT2D eigenvalue weighted by Crippen LogP contribution is 2.31. The SMILES string of the molecule is CC(c1cccc(C(F)(F)F)c1)N(C)CCN. The highest BCUT2D eigenvalue weighted by molar-refractivity contribution is 5.27. The Morgan fingerprint density at radius 1 is 1.35 bits per heavy atom. The van der Waals surface area contributed by atoms with E-state index >= 15 is 0 Å². The quantitative estimate of drug-likeness (QED) is 0.885. The molecule has 0 radical (unpaired) electrons. The highest BCUT2D eigenvalue weighted by Gasteiger charge is 2.30. The van der Waals surface area contributed by atoms with Gasteiger partial charge in [-0.25, -0.2) is 0 Å². The second-order valence-corrected chi connectivity index (χ2v) is 4.07. The Morgan fingerprint density at radius 2 is 2.00 bits per heavy atom. The molecule has 5 heteroatoms. The lowest BCUT2D eigenvalue weighted by atomic mass is 10.0. The van der Waals surface area contributed by atoms with Gasteiger partial charge < -0.3 is 5.73 Å². The lowest BCUT2D eigenvalue weighted by molar-refractivity contribution is -0.137. The topological polar surface area (TPSA) is 29.3 Å². The van der Waals surface area contributed by atoms with Crippen LogP contribution < -0.4 is 5.73 Å². The summed E-state index contributed by atoms with van der Waals surface area (Å²) in [4.78, 5) is 1.93. The van der Waals surface area contributed by atoms with Crippen LogP contribution in [0.5, 0.6) is 0 Å². The van der Waals surface area contributed by atoms with Gasteiger partial charge in [0.1, 0.15) is 0 Å². The second-order valence-electron chi connectivity index (χ2n) is 4.07. The van der Waals surface area contributed by atoms with Crippen LogP contribution in [-0.2, 0) is 6.18 Å². The first-order valence-electron chi connectivity index (χ1n) is 5.43. The summed E-state index contributed by atoms with van der Waals surface area (Å²) in [5, 5.41) is 0. The van der Waals surface area contributed by atoms with Crippen molar-refractivity contribution in [2.45, 2.75) is 19.1 Å². The molecule has 1 aromatic carbocycles. The van der Waals surface area contributed by atoms with Crippen LogP contribution in [0.3, 0.4) is 0 Å². The molecule has 0 bridgehead atoms. The normalized spacial score (nSPS) is 14.1. The van der Waals surface area contributed by atoms with E-state index in [1.54, 1.807) is 6.07 Å². The van der Waals surface area contributed by atoms with E-state index in [1.165, 1.54) is 12.1 Å². The fourth-order valence-corrected chi connectivity index (χ4v) is 1.63. The molecule has 0 heterocycles. The van der Waals surface area contributed by atoms with Crippen LogP contribution in [0.4, 0.5) is 13.2 Å². The van der Waals surface area contributed by atoms with Gasteiger partial charge in [0.25, 0.3) is 0 Å². The predicted octanol–water partition coefficient (Wildman–Crippen LogP) is 2.66. The van der Waals surface area contributed by atoms with Crippen molar-refractivity contribution in [1.82, 2.24) is 4.90 Å². The van der Waals surface area contributed by atoms with Crippen LogP contribution in [0.1, 0.15) is 24.1 Å². The average molecular weight is 246 g/mol. The Labute approximate surface area is 99.2 Å². The van der Waals surface area contributed by atoms with Gasteiger partial charge in [-0.1, -0.05) is 12.1 Å². The smallest absolute Gasteiger partial charge is 0.329 e. The second kappa shape index (κ2) is 5.51. The van der Waals surface area contributed by atoms with Crippen molar-refractivity contribution in [2.75, 3.05) is 20.1 Å². The molecule has 0 aliphatic carbocycles. The summed E-state index contributed by atoms with van der Waals surface area (Å²) in [5.74, 6) is 0. The van der Waals surface area contributed by atoms with Gasteiger partial charge in [-0.3, -0.25) is 4.90 Å². The number of hydrogen-bond acceptors (Lipinski definition) is 2. The summed E-state index contributed by atoms with van der Waals surface area (Å²) in [6.45, 7) is 3.00. The summed E-state index contributed by atoms with van der Waals surface area (Å²) in [7, 11) is 1.85. The molecule has 0 amide bonds. The van der Waals surface area contributed by atoms with Crippen molar-refractivity contribution >= 4 is 0 Å². The van der Waals surface area contributed by atoms with Crippen molar-refractivity contribution in [1.29, 1.82) is 0 Å². The minimum atomic E-state index is -4.29. The number of rotatable bonds is 4. The maximum atomic E-state index is 12.5. The van der Waals surface area contributed by atoms with E-state index < -0.39 is 11.7 Å². The first-order chi connectivity index (χ1) is 7.86. The Hall–Kier alpha value is -1.07. The zero-order chi connectivity index (χ0) is 13.1. The van der Waals surface area contributed by atoms with E-state index in [-0.39, 0.29) is 6.04 Å². The molecule has 1 unspecified atom stereocenters. The largest absolute Gasteiger partial charge is 0.416 e. The molecule has 2 N–H and O–H groups in total. The molecular formula is C12H17F3N2. The third-order valence-electron chi connectivity index (χ3n) is 2.84. The average Bonchev–Trinajstić information content (AvgIpc) is 2.27. The van der Waals surface area contributed by atoms with Gasteiger partial charge >= 0.3 is 6.18 Å². The van der Waals surface area contributed by atoms with Crippen LogP contribution >= 0.6 is 0 Å². The fourth-order valence-electron chi connectivity index (χ4n) is 1.63. The van der Waals surface area contributed by atoms with Crippen LogP contribution in [0, 0.1) is 0 Å². The van der Waals surface area contributed by atoms with Gasteiger partial charge in [0, 0.05) is 19.1 Å². The molecule has 0 fully saturated rings. The number of hydrogen-bond donors (Lipinski definition) is 1. The van der Waals surface area contributed by atoms with E-state index in [9.17, 15) is 13.2 Å². The summed E-state index contributed by atoms with van der Waals surface area (Å²) >= 11 is 0. The minimum absolute atomic E-state index is 0.0825. The number of nitrogens with zero attached hydrogens (tertiary/aromatic N) is 1. The predicted molar refractivity (Wildman–Crippen MR) is 61.5 cm³/mol. The molecule has 0 aliphatic heterocycles. The van der Waals surface area contributed by atoms with Crippen LogP contribution in [0.15, 0.2) is 24.3 Å². The summed E-state index contributed by atoms with van der Waals surface area (Å²) in [5.41, 5.74) is 5.46. The third kappa shape index (κ3) is 3.71. The Morgan fingerprint density at radius 3 is 2.53 bits per heavy atom. The van der Waals surface area contributed by atoms with Crippen molar-refractivity contribution in [3.63, 3.8) is 0 Å². The summed E-state index contributed by atoms with van der Waals surface area (Å²) in [6.07, 6.45) is -4.29. The fraction of sp³-hybridized carbons (Fsp3) is 0.500. The highest BCUT2D eigenvalue weighted by atomic mass is 19.4. The molecule has 0 aliphatic rings. The molecule has 0 saturated heterocycles. The summed E-state index contributed by atoms with van der Waals surface area (Å²) < 4.78 is 37.6. The molecule has 96 valence electrons. The lowest BCUT2D eigenvalue weighted by Crippen LogP contribution is -2.28. The molecule has 1 aromatic rings. The van der Waals surface area contributed by atoms with E-state index in [0.29, 0.717) is 18.7 Å². The molecule has 17 heavy (non-hydrogen) atoms. The molecule has 1 rings (SSSR count). The maximum absolute atomic E-state index is 12.5. The minimum Gasteiger partial charge on any atom is -0.329 e. The van der Waals surface area contributed by atoms with Gasteiger partial charge in [0.05, 0.1) is 5.56 Å². The van der Waals surface area contributed by atoms with E-state index in [1.807, 2.05) is 18.9 Å². The number of benzene rings is 1. The maximum Gasteiger partial charge on any atom is 0.416 e. The monoisotopic (exact) mass is 246 g/mol. The van der Waals surface area contributed by atoms with E-state index in [4.69, 9.17) is 5.73 Å². The lowest BCUT2D eigenvalue weighted by Gasteiger charge is -2.25. The Bertz CT molecular complexity index is 363. The zero-order valence-electron chi connectivity index (χ0n) is 9.96. The number of halogens is 3. The van der Waals surface area contributed by atoms with Gasteiger partial charge in [0.2, 0.25) is 0 Å². The van der Waals surface area contributed by atoms with Gasteiger partial charge in [-0.2, -0.15) is 13.2 Å². The van der Waals surface area contributed by atoms with Gasteiger partial charge in [-0.15, -0.1) is 0 Å². The number of alkyl halides is 3. The third-order valence-corrected chi connectivity index (χ3v) is 2.84. The number of likely N-dealkylation sites (N-methyl/N-ethyl adjacent to an activating group) is 1. The molecule has 0 saturated carbocycles. The van der Waals surface area contributed by atoms with E-state index in [0.717, 1.165) is 6.07 Å². The molecule has 1 atom stereocenters. The summed E-state index contributed by atoms with van der Waals surface area (Å²) in [6, 6.07) is 5.33. The first-order valence-corrected chi connectivity index (χ1v) is 5.43. The zero-order valence-corrected chi connectivity index (χ0v) is 9.96. The van der Waals surface area contributed by atoms with Crippen molar-refractivity contribution in [3.05, 3.63) is 35.4 Å². The van der Waals surface area contributed by atoms with Crippen molar-refractivity contribution in [3.8, 4) is 0 Å². The number of nitrogens with two attached hydrogens (primary N) is 1. The van der Waals surface area contributed by atoms with E-state index in [2.05, 4.69) is 0 Å². The van der Waals surface area contributed by atoms with Crippen molar-refractivity contribution in [2.24, 2.45) is 5.73 Å². The Balaban J connectivity index is 2.92. The van der Waals surface area contributed by atoms with Crippen LogP contribution in [0.25, 0.3) is 0 Å².